The van der Waals surface area contributed by atoms with Crippen LogP contribution >= 0.6 is 0 Å². The Morgan fingerprint density at radius 3 is 2.47 bits per heavy atom. The largest absolute Gasteiger partial charge is 0.480 e. The first-order valence-electron chi connectivity index (χ1n) is 7.18. The molecule has 2 unspecified atom stereocenters. The summed E-state index contributed by atoms with van der Waals surface area (Å²) in [7, 11) is 0. The quantitative estimate of drug-likeness (QED) is 0.805. The lowest BCUT2D eigenvalue weighted by Crippen LogP contribution is -2.48. The van der Waals surface area contributed by atoms with Crippen LogP contribution in [0.5, 0.6) is 0 Å². The van der Waals surface area contributed by atoms with E-state index < -0.39 is 5.97 Å². The molecule has 1 aliphatic rings. The van der Waals surface area contributed by atoms with E-state index in [9.17, 15) is 9.59 Å². The summed E-state index contributed by atoms with van der Waals surface area (Å²) in [6.45, 7) is 6.29. The van der Waals surface area contributed by atoms with E-state index in [0.29, 0.717) is 18.4 Å². The van der Waals surface area contributed by atoms with E-state index in [0.717, 1.165) is 6.42 Å². The van der Waals surface area contributed by atoms with Gasteiger partial charge in [0, 0.05) is 12.6 Å². The fourth-order valence-electron chi connectivity index (χ4n) is 2.65. The Kier molecular flexibility index (Phi) is 6.12. The second-order valence-electron chi connectivity index (χ2n) is 5.82. The highest BCUT2D eigenvalue weighted by atomic mass is 16.4. The van der Waals surface area contributed by atoms with Gasteiger partial charge in [-0.2, -0.15) is 0 Å². The van der Waals surface area contributed by atoms with Crippen LogP contribution in [0.2, 0.25) is 0 Å². The maximum atomic E-state index is 12.0. The SMILES string of the molecule is CC1CCCCC1CNC(=O)N(CC(=O)O)C(C)C. The van der Waals surface area contributed by atoms with Gasteiger partial charge >= 0.3 is 12.0 Å². The van der Waals surface area contributed by atoms with E-state index >= 15 is 0 Å². The highest BCUT2D eigenvalue weighted by Gasteiger charge is 2.24. The van der Waals surface area contributed by atoms with Crippen LogP contribution in [0.4, 0.5) is 4.79 Å². The van der Waals surface area contributed by atoms with Gasteiger partial charge in [-0.1, -0.05) is 26.2 Å². The second kappa shape index (κ2) is 7.36. The van der Waals surface area contributed by atoms with Gasteiger partial charge in [-0.05, 0) is 32.1 Å². The van der Waals surface area contributed by atoms with E-state index in [1.807, 2.05) is 13.8 Å². The minimum Gasteiger partial charge on any atom is -0.480 e. The van der Waals surface area contributed by atoms with Crippen molar-refractivity contribution in [2.75, 3.05) is 13.1 Å². The molecular formula is C14H26N2O3. The van der Waals surface area contributed by atoms with Crippen LogP contribution in [0.25, 0.3) is 0 Å². The van der Waals surface area contributed by atoms with E-state index in [-0.39, 0.29) is 18.6 Å². The number of carboxylic acid groups (broad SMARTS) is 1. The zero-order valence-electron chi connectivity index (χ0n) is 12.2. The second-order valence-corrected chi connectivity index (χ2v) is 5.82. The van der Waals surface area contributed by atoms with Crippen LogP contribution in [0.3, 0.4) is 0 Å². The Morgan fingerprint density at radius 1 is 1.32 bits per heavy atom. The maximum Gasteiger partial charge on any atom is 0.323 e. The number of hydrogen-bond acceptors (Lipinski definition) is 2. The van der Waals surface area contributed by atoms with Gasteiger partial charge in [0.15, 0.2) is 0 Å². The normalized spacial score (nSPS) is 23.2. The fourth-order valence-corrected chi connectivity index (χ4v) is 2.65. The number of aliphatic carboxylic acids is 1. The van der Waals surface area contributed by atoms with Crippen LogP contribution in [-0.2, 0) is 4.79 Å². The number of amides is 2. The fraction of sp³-hybridized carbons (Fsp3) is 0.857. The third kappa shape index (κ3) is 5.09. The molecule has 110 valence electrons. The van der Waals surface area contributed by atoms with Crippen molar-refractivity contribution in [1.29, 1.82) is 0 Å². The van der Waals surface area contributed by atoms with Crippen molar-refractivity contribution < 1.29 is 14.7 Å². The van der Waals surface area contributed by atoms with Crippen molar-refractivity contribution >= 4 is 12.0 Å². The highest BCUT2D eigenvalue weighted by molar-refractivity contribution is 5.80. The summed E-state index contributed by atoms with van der Waals surface area (Å²) in [6, 6.07) is -0.380. The summed E-state index contributed by atoms with van der Waals surface area (Å²) in [6.07, 6.45) is 4.89. The Morgan fingerprint density at radius 2 is 1.95 bits per heavy atom. The molecule has 1 aliphatic carbocycles. The summed E-state index contributed by atoms with van der Waals surface area (Å²) in [4.78, 5) is 24.1. The van der Waals surface area contributed by atoms with Gasteiger partial charge in [0.05, 0.1) is 0 Å². The van der Waals surface area contributed by atoms with Crippen LogP contribution < -0.4 is 5.32 Å². The smallest absolute Gasteiger partial charge is 0.323 e. The zero-order valence-corrected chi connectivity index (χ0v) is 12.2. The molecule has 0 saturated heterocycles. The van der Waals surface area contributed by atoms with Crippen molar-refractivity contribution in [3.05, 3.63) is 0 Å². The molecule has 0 aromatic rings. The van der Waals surface area contributed by atoms with Crippen LogP contribution in [-0.4, -0.2) is 41.1 Å². The molecule has 1 rings (SSSR count). The minimum absolute atomic E-state index is 0.111. The lowest BCUT2D eigenvalue weighted by atomic mass is 9.80. The topological polar surface area (TPSA) is 69.6 Å². The Labute approximate surface area is 115 Å². The molecule has 0 aromatic heterocycles. The first-order chi connectivity index (χ1) is 8.91. The maximum absolute atomic E-state index is 12.0. The van der Waals surface area contributed by atoms with Crippen molar-refractivity contribution in [2.45, 2.75) is 52.5 Å². The standard InChI is InChI=1S/C14H26N2O3/c1-10(2)16(9-13(17)18)14(19)15-8-12-7-5-4-6-11(12)3/h10-12H,4-9H2,1-3H3,(H,15,19)(H,17,18). The Hall–Kier alpha value is -1.26. The van der Waals surface area contributed by atoms with E-state index in [4.69, 9.17) is 5.11 Å². The van der Waals surface area contributed by atoms with Crippen LogP contribution in [0, 0.1) is 11.8 Å². The van der Waals surface area contributed by atoms with Crippen LogP contribution in [0.1, 0.15) is 46.5 Å². The number of urea groups is 1. The monoisotopic (exact) mass is 270 g/mol. The number of hydrogen-bond donors (Lipinski definition) is 2. The molecule has 0 spiro atoms. The molecule has 5 heteroatoms. The van der Waals surface area contributed by atoms with E-state index in [1.165, 1.54) is 24.2 Å². The van der Waals surface area contributed by atoms with E-state index in [1.54, 1.807) is 0 Å². The highest BCUT2D eigenvalue weighted by Crippen LogP contribution is 2.28. The van der Waals surface area contributed by atoms with Gasteiger partial charge in [0.2, 0.25) is 0 Å². The van der Waals surface area contributed by atoms with Gasteiger partial charge in [-0.3, -0.25) is 4.79 Å². The van der Waals surface area contributed by atoms with Crippen molar-refractivity contribution in [3.63, 3.8) is 0 Å². The van der Waals surface area contributed by atoms with Gasteiger partial charge in [0.1, 0.15) is 6.54 Å². The molecule has 0 radical (unpaired) electrons. The third-order valence-corrected chi connectivity index (χ3v) is 3.99. The molecule has 0 bridgehead atoms. The lowest BCUT2D eigenvalue weighted by Gasteiger charge is -2.31. The summed E-state index contributed by atoms with van der Waals surface area (Å²) in [5.41, 5.74) is 0. The molecule has 2 amide bonds. The number of carbonyl (C=O) groups excluding carboxylic acids is 1. The average Bonchev–Trinajstić information content (AvgIpc) is 2.34. The molecule has 0 heterocycles. The van der Waals surface area contributed by atoms with Gasteiger partial charge < -0.3 is 15.3 Å². The summed E-state index contributed by atoms with van der Waals surface area (Å²) >= 11 is 0. The molecule has 5 nitrogen and oxygen atoms in total. The van der Waals surface area contributed by atoms with Gasteiger partial charge in [-0.15, -0.1) is 0 Å². The number of carbonyl (C=O) groups is 2. The van der Waals surface area contributed by atoms with Gasteiger partial charge in [-0.25, -0.2) is 4.79 Å². The predicted molar refractivity (Wildman–Crippen MR) is 74.0 cm³/mol. The molecule has 19 heavy (non-hydrogen) atoms. The first-order valence-corrected chi connectivity index (χ1v) is 7.18. The molecular weight excluding hydrogens is 244 g/mol. The van der Waals surface area contributed by atoms with Crippen LogP contribution in [0.15, 0.2) is 0 Å². The molecule has 1 fully saturated rings. The number of rotatable bonds is 5. The number of nitrogens with one attached hydrogen (secondary N) is 1. The summed E-state index contributed by atoms with van der Waals surface area (Å²) < 4.78 is 0. The lowest BCUT2D eigenvalue weighted by molar-refractivity contribution is -0.138. The molecule has 0 aromatic carbocycles. The number of nitrogens with zero attached hydrogens (tertiary/aromatic N) is 1. The van der Waals surface area contributed by atoms with Crippen molar-refractivity contribution in [2.24, 2.45) is 11.8 Å². The predicted octanol–water partition coefficient (Wildman–Crippen LogP) is 2.32. The third-order valence-electron chi connectivity index (χ3n) is 3.99. The van der Waals surface area contributed by atoms with Crippen molar-refractivity contribution in [3.8, 4) is 0 Å². The molecule has 1 saturated carbocycles. The summed E-state index contributed by atoms with van der Waals surface area (Å²) in [5, 5.41) is 11.7. The molecule has 2 atom stereocenters. The average molecular weight is 270 g/mol. The Bertz CT molecular complexity index is 318. The van der Waals surface area contributed by atoms with Gasteiger partial charge in [0.25, 0.3) is 0 Å². The van der Waals surface area contributed by atoms with Crippen molar-refractivity contribution in [1.82, 2.24) is 10.2 Å². The minimum atomic E-state index is -0.977. The number of carboxylic acids is 1. The molecule has 2 N–H and O–H groups in total. The zero-order chi connectivity index (χ0) is 14.4. The summed E-state index contributed by atoms with van der Waals surface area (Å²) in [5.74, 6) is 0.187. The first kappa shape index (κ1) is 15.8. The molecule has 0 aliphatic heterocycles. The Balaban J connectivity index is 2.45. The van der Waals surface area contributed by atoms with E-state index in [2.05, 4.69) is 12.2 Å².